The van der Waals surface area contributed by atoms with E-state index in [0.717, 1.165) is 12.5 Å². The number of nitrogens with zero attached hydrogens (tertiary/aromatic N) is 3. The van der Waals surface area contributed by atoms with Gasteiger partial charge in [-0.05, 0) is 77.9 Å². The number of benzene rings is 3. The Morgan fingerprint density at radius 3 is 2.50 bits per heavy atom. The van der Waals surface area contributed by atoms with Gasteiger partial charge in [0.15, 0.2) is 6.61 Å². The number of hydrogen-bond donors (Lipinski definition) is 0. The number of aryl methyl sites for hydroxylation is 1. The molecule has 3 atom stereocenters. The van der Waals surface area contributed by atoms with E-state index in [4.69, 9.17) is 21.3 Å². The number of pyridine rings is 1. The Morgan fingerprint density at radius 2 is 1.78 bits per heavy atom. The maximum Gasteiger partial charge on any atom is 0.339 e. The van der Waals surface area contributed by atoms with E-state index in [9.17, 15) is 29.3 Å². The van der Waals surface area contributed by atoms with Crippen molar-refractivity contribution < 1.29 is 28.8 Å². The lowest BCUT2D eigenvalue weighted by Gasteiger charge is -2.25. The third-order valence-corrected chi connectivity index (χ3v) is 10.1. The molecule has 6 rings (SSSR count). The summed E-state index contributed by atoms with van der Waals surface area (Å²) in [7, 11) is 0. The molecule has 12 heteroatoms. The summed E-state index contributed by atoms with van der Waals surface area (Å²) in [6, 6.07) is 15.2. The minimum Gasteiger partial charge on any atom is -0.454 e. The first-order chi connectivity index (χ1) is 21.9. The lowest BCUT2D eigenvalue weighted by atomic mass is 9.76. The molecule has 2 heterocycles. The third-order valence-electron chi connectivity index (χ3n) is 8.77. The number of imide groups is 1. The van der Waals surface area contributed by atoms with Crippen molar-refractivity contribution in [3.05, 3.63) is 97.0 Å². The molecule has 2 fully saturated rings. The van der Waals surface area contributed by atoms with Gasteiger partial charge in [-0.25, -0.2) is 9.78 Å². The van der Waals surface area contributed by atoms with E-state index in [1.54, 1.807) is 43.3 Å². The van der Waals surface area contributed by atoms with Gasteiger partial charge in [0.25, 0.3) is 5.69 Å². The van der Waals surface area contributed by atoms with E-state index in [2.05, 4.69) is 22.9 Å². The molecule has 1 saturated carbocycles. The smallest absolute Gasteiger partial charge is 0.339 e. The number of halogens is 2. The average molecular weight is 705 g/mol. The van der Waals surface area contributed by atoms with E-state index in [1.165, 1.54) is 23.1 Å². The molecule has 1 aliphatic heterocycles. The second-order valence-corrected chi connectivity index (χ2v) is 13.0. The lowest BCUT2D eigenvalue weighted by molar-refractivity contribution is -0.384. The fourth-order valence-corrected chi connectivity index (χ4v) is 6.96. The van der Waals surface area contributed by atoms with Gasteiger partial charge >= 0.3 is 5.97 Å². The van der Waals surface area contributed by atoms with Crippen molar-refractivity contribution in [2.24, 2.45) is 17.8 Å². The average Bonchev–Trinajstić information content (AvgIpc) is 3.30. The number of non-ortho nitro benzene ring substituents is 1. The Bertz CT molecular complexity index is 1960. The molecule has 3 aromatic carbocycles. The second kappa shape index (κ2) is 12.4. The third kappa shape index (κ3) is 5.69. The zero-order valence-electron chi connectivity index (χ0n) is 24.8. The van der Waals surface area contributed by atoms with Crippen molar-refractivity contribution in [2.75, 3.05) is 11.5 Å². The number of anilines is 1. The number of aromatic nitrogens is 1. The Balaban J connectivity index is 1.31. The van der Waals surface area contributed by atoms with Crippen LogP contribution in [0.5, 0.6) is 0 Å². The molecule has 4 aromatic rings. The number of carbonyl (C=O) groups is 4. The van der Waals surface area contributed by atoms with Crippen LogP contribution in [0.1, 0.15) is 52.5 Å². The number of fused-ring (bicyclic) bond motifs is 2. The molecule has 0 radical (unpaired) electrons. The highest BCUT2D eigenvalue weighted by Gasteiger charge is 2.49. The van der Waals surface area contributed by atoms with Gasteiger partial charge in [-0.1, -0.05) is 42.8 Å². The fourth-order valence-electron chi connectivity index (χ4n) is 6.29. The highest BCUT2D eigenvalue weighted by atomic mass is 79.9. The fraction of sp³-hybridized carbons (Fsp3) is 0.265. The summed E-state index contributed by atoms with van der Waals surface area (Å²) in [5.41, 5.74) is 2.44. The number of nitro benzene ring substituents is 1. The van der Waals surface area contributed by atoms with Gasteiger partial charge in [-0.15, -0.1) is 0 Å². The normalized spacial score (nSPS) is 19.3. The van der Waals surface area contributed by atoms with Crippen molar-refractivity contribution in [1.29, 1.82) is 0 Å². The number of rotatable bonds is 7. The first kappa shape index (κ1) is 31.5. The van der Waals surface area contributed by atoms with Crippen LogP contribution in [0.15, 0.2) is 65.1 Å². The highest BCUT2D eigenvalue weighted by Crippen LogP contribution is 2.42. The number of esters is 1. The highest BCUT2D eigenvalue weighted by molar-refractivity contribution is 9.10. The number of hydrogen-bond acceptors (Lipinski definition) is 8. The summed E-state index contributed by atoms with van der Waals surface area (Å²) in [5.74, 6) is -1.92. The maximum absolute atomic E-state index is 13.5. The second-order valence-electron chi connectivity index (χ2n) is 11.7. The first-order valence-corrected chi connectivity index (χ1v) is 15.8. The van der Waals surface area contributed by atoms with Crippen molar-refractivity contribution in [2.45, 2.75) is 33.1 Å². The van der Waals surface area contributed by atoms with Gasteiger partial charge in [-0.2, -0.15) is 0 Å². The van der Waals surface area contributed by atoms with Gasteiger partial charge in [0.1, 0.15) is 0 Å². The summed E-state index contributed by atoms with van der Waals surface area (Å²) in [6.07, 6.45) is 2.34. The molecular formula is C34H27BrClN3O7. The van der Waals surface area contributed by atoms with Crippen molar-refractivity contribution in [3.63, 3.8) is 0 Å². The van der Waals surface area contributed by atoms with Crippen LogP contribution >= 0.6 is 27.5 Å². The summed E-state index contributed by atoms with van der Waals surface area (Å²) >= 11 is 9.93. The summed E-state index contributed by atoms with van der Waals surface area (Å²) in [5, 5.41) is 12.0. The van der Waals surface area contributed by atoms with E-state index >= 15 is 0 Å². The quantitative estimate of drug-likeness (QED) is 0.0634. The van der Waals surface area contributed by atoms with Crippen molar-refractivity contribution in [1.82, 2.24) is 4.98 Å². The molecule has 234 valence electrons. The van der Waals surface area contributed by atoms with E-state index in [-0.39, 0.29) is 40.5 Å². The molecular weight excluding hydrogens is 678 g/mol. The van der Waals surface area contributed by atoms with Crippen molar-refractivity contribution >= 4 is 73.4 Å². The van der Waals surface area contributed by atoms with Crippen LogP contribution in [-0.2, 0) is 14.3 Å². The maximum atomic E-state index is 13.5. The van der Waals surface area contributed by atoms with Crippen LogP contribution in [0.3, 0.4) is 0 Å². The monoisotopic (exact) mass is 703 g/mol. The minimum absolute atomic E-state index is 0.0384. The Labute approximate surface area is 277 Å². The number of amides is 2. The van der Waals surface area contributed by atoms with Gasteiger partial charge in [-0.3, -0.25) is 29.4 Å². The summed E-state index contributed by atoms with van der Waals surface area (Å²) < 4.78 is 5.94. The molecule has 2 amide bonds. The van der Waals surface area contributed by atoms with Crippen LogP contribution in [0.25, 0.3) is 22.2 Å². The molecule has 3 unspecified atom stereocenters. The zero-order valence-corrected chi connectivity index (χ0v) is 27.1. The first-order valence-electron chi connectivity index (χ1n) is 14.7. The van der Waals surface area contributed by atoms with Crippen LogP contribution in [-0.4, -0.2) is 40.1 Å². The van der Waals surface area contributed by atoms with Crippen LogP contribution in [0, 0.1) is 34.8 Å². The summed E-state index contributed by atoms with van der Waals surface area (Å²) in [6.45, 7) is 3.23. The van der Waals surface area contributed by atoms with Gasteiger partial charge < -0.3 is 4.74 Å². The van der Waals surface area contributed by atoms with Gasteiger partial charge in [0.2, 0.25) is 17.6 Å². The number of Topliss-reactive ketones (excluding diaryl/α,β-unsaturated/α-hetero) is 1. The Morgan fingerprint density at radius 1 is 1.07 bits per heavy atom. The number of ether oxygens (including phenoxy) is 1. The topological polar surface area (TPSA) is 137 Å². The molecule has 1 saturated heterocycles. The molecule has 0 spiro atoms. The van der Waals surface area contributed by atoms with E-state index < -0.39 is 23.3 Å². The zero-order chi connectivity index (χ0) is 32.9. The number of nitro groups is 1. The number of carbonyl (C=O) groups excluding carboxylic acids is 4. The largest absolute Gasteiger partial charge is 0.454 e. The molecule has 2 aliphatic rings. The van der Waals surface area contributed by atoms with Crippen molar-refractivity contribution in [3.8, 4) is 11.3 Å². The Hall–Kier alpha value is -4.48. The SMILES string of the molecule is Cc1c(Cl)c(Br)cc2c(C(=O)OCC(=O)c3cccc([N+](=O)[O-])c3)cc(-c3ccc(N4C(=O)C5CCC(C)CC5C4=O)cc3)nc12. The Kier molecular flexibility index (Phi) is 8.47. The van der Waals surface area contributed by atoms with Crippen LogP contribution < -0.4 is 4.90 Å². The van der Waals surface area contributed by atoms with Crippen LogP contribution in [0.4, 0.5) is 11.4 Å². The molecule has 1 aliphatic carbocycles. The molecule has 46 heavy (non-hydrogen) atoms. The molecule has 0 bridgehead atoms. The van der Waals surface area contributed by atoms with Crippen LogP contribution in [0.2, 0.25) is 5.02 Å². The van der Waals surface area contributed by atoms with E-state index in [1.807, 2.05) is 0 Å². The molecule has 1 aromatic heterocycles. The molecule has 0 N–H and O–H groups in total. The standard InChI is InChI=1S/C34H27BrClN3O7/c1-17-6-11-23-25(12-17)33(42)38(32(23)41)21-9-7-19(8-10-21)28-15-26(24-14-27(35)30(36)18(2)31(24)37-28)34(43)46-16-29(40)20-4-3-5-22(13-20)39(44)45/h3-5,7-10,13-15,17,23,25H,6,11-12,16H2,1-2H3. The number of ketones is 1. The van der Waals surface area contributed by atoms with E-state index in [0.29, 0.717) is 61.7 Å². The predicted molar refractivity (Wildman–Crippen MR) is 175 cm³/mol. The predicted octanol–water partition coefficient (Wildman–Crippen LogP) is 7.50. The lowest BCUT2D eigenvalue weighted by Crippen LogP contribution is -2.30. The van der Waals surface area contributed by atoms with Gasteiger partial charge in [0.05, 0.1) is 44.2 Å². The molecule has 10 nitrogen and oxygen atoms in total. The summed E-state index contributed by atoms with van der Waals surface area (Å²) in [4.78, 5) is 69.2. The minimum atomic E-state index is -0.803. The van der Waals surface area contributed by atoms with Gasteiger partial charge in [0, 0.05) is 33.1 Å².